The number of halogens is 1. The number of carbonyl (C=O) groups is 1. The standard InChI is InChI=1S/C24H16ClN5O5S/c1-2-34-15-7-9-18(20(12-15)30(32)33)21-10-8-16(35-21)11-14(13-26)22(31)27-24-29-28-23(36-24)17-5-3-4-6-19(17)25/h3-12H,2H2,1H3,(H,27,29,31)/b14-11-. The van der Waals surface area contributed by atoms with Crippen molar-refractivity contribution in [3.8, 4) is 33.7 Å². The van der Waals surface area contributed by atoms with Gasteiger partial charge < -0.3 is 9.15 Å². The Morgan fingerprint density at radius 2 is 2.06 bits per heavy atom. The van der Waals surface area contributed by atoms with Gasteiger partial charge in [0.25, 0.3) is 11.6 Å². The van der Waals surface area contributed by atoms with Crippen molar-refractivity contribution >= 4 is 45.7 Å². The first kappa shape index (κ1) is 24.6. The predicted octanol–water partition coefficient (Wildman–Crippen LogP) is 5.97. The van der Waals surface area contributed by atoms with E-state index < -0.39 is 10.8 Å². The van der Waals surface area contributed by atoms with E-state index in [0.717, 1.165) is 11.3 Å². The first-order chi connectivity index (χ1) is 17.4. The van der Waals surface area contributed by atoms with Gasteiger partial charge in [-0.25, -0.2) is 0 Å². The normalized spacial score (nSPS) is 11.1. The maximum Gasteiger partial charge on any atom is 0.284 e. The summed E-state index contributed by atoms with van der Waals surface area (Å²) in [6.07, 6.45) is 1.23. The van der Waals surface area contributed by atoms with Crippen LogP contribution in [0.5, 0.6) is 5.75 Å². The number of nitrogens with zero attached hydrogens (tertiary/aromatic N) is 4. The lowest BCUT2D eigenvalue weighted by Gasteiger charge is -2.05. The molecule has 0 bridgehead atoms. The van der Waals surface area contributed by atoms with E-state index in [9.17, 15) is 20.2 Å². The van der Waals surface area contributed by atoms with Crippen LogP contribution < -0.4 is 10.1 Å². The van der Waals surface area contributed by atoms with Gasteiger partial charge in [-0.3, -0.25) is 20.2 Å². The summed E-state index contributed by atoms with van der Waals surface area (Å²) >= 11 is 7.28. The number of nitrogens with one attached hydrogen (secondary N) is 1. The third kappa shape index (κ3) is 5.41. The molecule has 10 nitrogen and oxygen atoms in total. The predicted molar refractivity (Wildman–Crippen MR) is 135 cm³/mol. The van der Waals surface area contributed by atoms with Crippen LogP contribution in [0, 0.1) is 21.4 Å². The van der Waals surface area contributed by atoms with Crippen LogP contribution in [0.4, 0.5) is 10.8 Å². The number of ether oxygens (including phenoxy) is 1. The van der Waals surface area contributed by atoms with Crippen molar-refractivity contribution in [2.75, 3.05) is 11.9 Å². The number of hydrogen-bond donors (Lipinski definition) is 1. The number of rotatable bonds is 8. The van der Waals surface area contributed by atoms with Crippen LogP contribution >= 0.6 is 22.9 Å². The molecule has 2 heterocycles. The van der Waals surface area contributed by atoms with Gasteiger partial charge in [0.15, 0.2) is 5.01 Å². The number of benzene rings is 2. The summed E-state index contributed by atoms with van der Waals surface area (Å²) in [6, 6.07) is 16.3. The Bertz CT molecular complexity index is 1520. The number of aromatic nitrogens is 2. The molecule has 0 saturated heterocycles. The van der Waals surface area contributed by atoms with Crippen LogP contribution in [0.2, 0.25) is 5.02 Å². The first-order valence-corrected chi connectivity index (χ1v) is 11.6. The minimum atomic E-state index is -0.718. The van der Waals surface area contributed by atoms with Gasteiger partial charge in [0.05, 0.1) is 28.2 Å². The van der Waals surface area contributed by atoms with E-state index in [4.69, 9.17) is 20.8 Å². The summed E-state index contributed by atoms with van der Waals surface area (Å²) in [6.45, 7) is 2.14. The lowest BCUT2D eigenvalue weighted by atomic mass is 10.1. The fourth-order valence-corrected chi connectivity index (χ4v) is 4.23. The van der Waals surface area contributed by atoms with E-state index in [0.29, 0.717) is 28.0 Å². The van der Waals surface area contributed by atoms with Crippen LogP contribution in [0.3, 0.4) is 0 Å². The Kier molecular flexibility index (Phi) is 7.39. The molecule has 0 saturated carbocycles. The van der Waals surface area contributed by atoms with Crippen molar-refractivity contribution in [2.45, 2.75) is 6.92 Å². The van der Waals surface area contributed by atoms with Crippen molar-refractivity contribution in [2.24, 2.45) is 0 Å². The van der Waals surface area contributed by atoms with Gasteiger partial charge in [-0.15, -0.1) is 10.2 Å². The second-order valence-corrected chi connectivity index (χ2v) is 8.47. The highest BCUT2D eigenvalue weighted by molar-refractivity contribution is 7.18. The van der Waals surface area contributed by atoms with Crippen molar-refractivity contribution in [1.29, 1.82) is 5.26 Å². The summed E-state index contributed by atoms with van der Waals surface area (Å²) in [7, 11) is 0. The number of nitro groups is 1. The summed E-state index contributed by atoms with van der Waals surface area (Å²) in [5.74, 6) is -0.00195. The number of hydrogen-bond acceptors (Lipinski definition) is 9. The Morgan fingerprint density at radius 1 is 1.25 bits per heavy atom. The summed E-state index contributed by atoms with van der Waals surface area (Å²) in [4.78, 5) is 23.6. The zero-order valence-corrected chi connectivity index (χ0v) is 20.2. The topological polar surface area (TPSA) is 144 Å². The van der Waals surface area contributed by atoms with E-state index in [2.05, 4.69) is 15.5 Å². The maximum atomic E-state index is 12.6. The third-order valence-electron chi connectivity index (χ3n) is 4.77. The van der Waals surface area contributed by atoms with Gasteiger partial charge >= 0.3 is 0 Å². The van der Waals surface area contributed by atoms with Crippen LogP contribution in [0.1, 0.15) is 12.7 Å². The lowest BCUT2D eigenvalue weighted by molar-refractivity contribution is -0.384. The molecule has 0 radical (unpaired) electrons. The molecular formula is C24H16ClN5O5S. The van der Waals surface area contributed by atoms with E-state index >= 15 is 0 Å². The van der Waals surface area contributed by atoms with E-state index in [1.54, 1.807) is 37.3 Å². The zero-order valence-electron chi connectivity index (χ0n) is 18.6. The molecule has 2 aromatic heterocycles. The second-order valence-electron chi connectivity index (χ2n) is 7.09. The average Bonchev–Trinajstić information content (AvgIpc) is 3.52. The number of furan rings is 1. The molecule has 0 aliphatic rings. The largest absolute Gasteiger partial charge is 0.494 e. The quantitative estimate of drug-likeness (QED) is 0.129. The smallest absolute Gasteiger partial charge is 0.284 e. The van der Waals surface area contributed by atoms with Gasteiger partial charge in [0.1, 0.15) is 28.9 Å². The molecule has 0 fully saturated rings. The number of anilines is 1. The SMILES string of the molecule is CCOc1ccc(-c2ccc(/C=C(/C#N)C(=O)Nc3nnc(-c4ccccc4Cl)s3)o2)c([N+](=O)[O-])c1. The minimum Gasteiger partial charge on any atom is -0.494 e. The molecule has 36 heavy (non-hydrogen) atoms. The monoisotopic (exact) mass is 521 g/mol. The number of nitriles is 1. The number of carbonyl (C=O) groups excluding carboxylic acids is 1. The fourth-order valence-electron chi connectivity index (χ4n) is 3.18. The third-order valence-corrected chi connectivity index (χ3v) is 5.97. The molecule has 4 aromatic rings. The summed E-state index contributed by atoms with van der Waals surface area (Å²) in [5.41, 5.74) is 0.438. The molecule has 0 unspecified atom stereocenters. The molecule has 0 aliphatic carbocycles. The fraction of sp³-hybridized carbons (Fsp3) is 0.0833. The Morgan fingerprint density at radius 3 is 2.78 bits per heavy atom. The van der Waals surface area contributed by atoms with E-state index in [-0.39, 0.29) is 33.5 Å². The lowest BCUT2D eigenvalue weighted by Crippen LogP contribution is -2.13. The van der Waals surface area contributed by atoms with Gasteiger partial charge in [-0.1, -0.05) is 41.1 Å². The van der Waals surface area contributed by atoms with E-state index in [1.807, 2.05) is 6.07 Å². The van der Waals surface area contributed by atoms with E-state index in [1.165, 1.54) is 30.3 Å². The molecule has 2 aromatic carbocycles. The highest BCUT2D eigenvalue weighted by Crippen LogP contribution is 2.35. The maximum absolute atomic E-state index is 12.6. The first-order valence-electron chi connectivity index (χ1n) is 10.4. The zero-order chi connectivity index (χ0) is 25.7. The van der Waals surface area contributed by atoms with Crippen LogP contribution in [0.15, 0.2) is 64.6 Å². The van der Waals surface area contributed by atoms with Crippen LogP contribution in [-0.4, -0.2) is 27.6 Å². The average molecular weight is 522 g/mol. The molecule has 1 amide bonds. The summed E-state index contributed by atoms with van der Waals surface area (Å²) in [5, 5.41) is 32.7. The molecule has 4 rings (SSSR count). The van der Waals surface area contributed by atoms with Gasteiger partial charge in [-0.05, 0) is 37.3 Å². The van der Waals surface area contributed by atoms with Crippen LogP contribution in [0.25, 0.3) is 28.0 Å². The van der Waals surface area contributed by atoms with Crippen molar-refractivity contribution in [1.82, 2.24) is 10.2 Å². The second kappa shape index (κ2) is 10.8. The highest BCUT2D eigenvalue weighted by Gasteiger charge is 2.20. The summed E-state index contributed by atoms with van der Waals surface area (Å²) < 4.78 is 11.0. The molecule has 0 aliphatic heterocycles. The van der Waals surface area contributed by atoms with Gasteiger partial charge in [0, 0.05) is 11.6 Å². The van der Waals surface area contributed by atoms with Crippen molar-refractivity contribution in [3.63, 3.8) is 0 Å². The van der Waals surface area contributed by atoms with Gasteiger partial charge in [-0.2, -0.15) is 5.26 Å². The minimum absolute atomic E-state index is 0.161. The molecule has 1 N–H and O–H groups in total. The Labute approximate surface area is 213 Å². The van der Waals surface area contributed by atoms with Crippen LogP contribution in [-0.2, 0) is 4.79 Å². The Balaban J connectivity index is 1.54. The molecular weight excluding hydrogens is 506 g/mol. The Hall–Kier alpha value is -4.53. The number of nitro benzene ring substituents is 1. The number of amides is 1. The van der Waals surface area contributed by atoms with Crippen molar-refractivity contribution < 1.29 is 18.9 Å². The molecule has 0 spiro atoms. The van der Waals surface area contributed by atoms with Crippen molar-refractivity contribution in [3.05, 3.63) is 81.1 Å². The molecule has 12 heteroatoms. The molecule has 180 valence electrons. The van der Waals surface area contributed by atoms with Gasteiger partial charge in [0.2, 0.25) is 5.13 Å². The molecule has 0 atom stereocenters. The highest BCUT2D eigenvalue weighted by atomic mass is 35.5.